The zero-order valence-corrected chi connectivity index (χ0v) is 11.0. The molecule has 20 heavy (non-hydrogen) atoms. The van der Waals surface area contributed by atoms with E-state index in [1.807, 2.05) is 6.92 Å². The number of hydrogen-bond acceptors (Lipinski definition) is 2. The fourth-order valence-corrected chi connectivity index (χ4v) is 2.73. The van der Waals surface area contributed by atoms with Gasteiger partial charge in [0, 0.05) is 0 Å². The van der Waals surface area contributed by atoms with Crippen molar-refractivity contribution < 1.29 is 23.1 Å². The molecule has 6 heteroatoms. The van der Waals surface area contributed by atoms with Crippen LogP contribution < -0.4 is 5.32 Å². The lowest BCUT2D eigenvalue weighted by atomic mass is 9.81. The zero-order valence-electron chi connectivity index (χ0n) is 11.0. The number of rotatable bonds is 2. The molecule has 0 saturated carbocycles. The lowest BCUT2D eigenvalue weighted by Gasteiger charge is -2.30. The maximum Gasteiger partial charge on any atom is 0.417 e. The summed E-state index contributed by atoms with van der Waals surface area (Å²) in [5.41, 5.74) is -1.08. The van der Waals surface area contributed by atoms with Crippen molar-refractivity contribution in [2.45, 2.75) is 25.4 Å². The molecular weight excluding hydrogens is 271 g/mol. The molecule has 2 atom stereocenters. The summed E-state index contributed by atoms with van der Waals surface area (Å²) in [5.74, 6) is -1.18. The molecule has 0 amide bonds. The van der Waals surface area contributed by atoms with Gasteiger partial charge in [-0.15, -0.1) is 0 Å². The predicted molar refractivity (Wildman–Crippen MR) is 67.8 cm³/mol. The maximum atomic E-state index is 12.8. The molecule has 1 aromatic carbocycles. The standard InChI is InChI=1S/C14H16F3NO2/c1-8-7-18-5-4-10(8)9-2-3-12(14(15,16)17)11(6-9)13(19)20/h2-3,6,8,10,18H,4-5,7H2,1H3,(H,19,20)/t8-,10-/m1/s1. The highest BCUT2D eigenvalue weighted by Crippen LogP contribution is 2.36. The largest absolute Gasteiger partial charge is 0.478 e. The highest BCUT2D eigenvalue weighted by Gasteiger charge is 2.36. The second-order valence-corrected chi connectivity index (χ2v) is 5.18. The number of hydrogen-bond donors (Lipinski definition) is 2. The van der Waals surface area contributed by atoms with Crippen molar-refractivity contribution in [1.29, 1.82) is 0 Å². The topological polar surface area (TPSA) is 49.3 Å². The van der Waals surface area contributed by atoms with Gasteiger partial charge < -0.3 is 10.4 Å². The molecule has 2 rings (SSSR count). The normalized spacial score (nSPS) is 23.6. The van der Waals surface area contributed by atoms with Crippen molar-refractivity contribution in [3.63, 3.8) is 0 Å². The average molecular weight is 287 g/mol. The van der Waals surface area contributed by atoms with Crippen molar-refractivity contribution in [2.75, 3.05) is 13.1 Å². The average Bonchev–Trinajstić information content (AvgIpc) is 2.37. The number of carbonyl (C=O) groups is 1. The van der Waals surface area contributed by atoms with Crippen molar-refractivity contribution in [3.8, 4) is 0 Å². The Morgan fingerprint density at radius 1 is 1.40 bits per heavy atom. The third kappa shape index (κ3) is 2.95. The fraction of sp³-hybridized carbons (Fsp3) is 0.500. The van der Waals surface area contributed by atoms with Crippen molar-refractivity contribution >= 4 is 5.97 Å². The SMILES string of the molecule is C[C@@H]1CNCC[C@H]1c1ccc(C(F)(F)F)c(C(=O)O)c1. The van der Waals surface area contributed by atoms with Gasteiger partial charge >= 0.3 is 12.1 Å². The maximum absolute atomic E-state index is 12.8. The van der Waals surface area contributed by atoms with Crippen molar-refractivity contribution in [2.24, 2.45) is 5.92 Å². The van der Waals surface area contributed by atoms with Crippen LogP contribution in [0.4, 0.5) is 13.2 Å². The molecule has 1 heterocycles. The van der Waals surface area contributed by atoms with Gasteiger partial charge in [-0.1, -0.05) is 13.0 Å². The second kappa shape index (κ2) is 5.44. The Labute approximate surface area is 114 Å². The monoisotopic (exact) mass is 287 g/mol. The number of nitrogens with one attached hydrogen (secondary N) is 1. The van der Waals surface area contributed by atoms with E-state index in [2.05, 4.69) is 5.32 Å². The van der Waals surface area contributed by atoms with E-state index < -0.39 is 23.3 Å². The first kappa shape index (κ1) is 14.8. The Kier molecular flexibility index (Phi) is 4.04. The second-order valence-electron chi connectivity index (χ2n) is 5.18. The number of carboxylic acids is 1. The summed E-state index contributed by atoms with van der Waals surface area (Å²) in [6.07, 6.45) is -3.85. The van der Waals surface area contributed by atoms with E-state index in [1.54, 1.807) is 0 Å². The Morgan fingerprint density at radius 3 is 2.65 bits per heavy atom. The molecule has 0 aliphatic carbocycles. The molecule has 0 spiro atoms. The number of piperidine rings is 1. The van der Waals surface area contributed by atoms with Crippen LogP contribution in [0.15, 0.2) is 18.2 Å². The van der Waals surface area contributed by atoms with E-state index in [-0.39, 0.29) is 11.8 Å². The first-order valence-electron chi connectivity index (χ1n) is 6.46. The van der Waals surface area contributed by atoms with Crippen LogP contribution in [-0.2, 0) is 6.18 Å². The number of halogens is 3. The van der Waals surface area contributed by atoms with E-state index in [4.69, 9.17) is 5.11 Å². The van der Waals surface area contributed by atoms with Crippen LogP contribution in [0.1, 0.15) is 40.7 Å². The van der Waals surface area contributed by atoms with Crippen LogP contribution in [0.2, 0.25) is 0 Å². The van der Waals surface area contributed by atoms with Gasteiger partial charge in [0.05, 0.1) is 11.1 Å². The zero-order chi connectivity index (χ0) is 14.9. The summed E-state index contributed by atoms with van der Waals surface area (Å²) in [6, 6.07) is 3.47. The molecule has 110 valence electrons. The quantitative estimate of drug-likeness (QED) is 0.878. The lowest BCUT2D eigenvalue weighted by molar-refractivity contribution is -0.138. The lowest BCUT2D eigenvalue weighted by Crippen LogP contribution is -2.33. The number of alkyl halides is 3. The van der Waals surface area contributed by atoms with Gasteiger partial charge in [0.1, 0.15) is 0 Å². The molecule has 0 aromatic heterocycles. The summed E-state index contributed by atoms with van der Waals surface area (Å²) in [5, 5.41) is 12.2. The first-order chi connectivity index (χ1) is 9.30. The third-order valence-corrected chi connectivity index (χ3v) is 3.79. The fourth-order valence-electron chi connectivity index (χ4n) is 2.73. The predicted octanol–water partition coefficient (Wildman–Crippen LogP) is 3.12. The van der Waals surface area contributed by atoms with Crippen LogP contribution in [0, 0.1) is 5.92 Å². The molecule has 1 aliphatic rings. The van der Waals surface area contributed by atoms with E-state index in [1.165, 1.54) is 12.1 Å². The van der Waals surface area contributed by atoms with Gasteiger partial charge in [-0.2, -0.15) is 13.2 Å². The van der Waals surface area contributed by atoms with Crippen LogP contribution in [0.3, 0.4) is 0 Å². The summed E-state index contributed by atoms with van der Waals surface area (Å²) >= 11 is 0. The highest BCUT2D eigenvalue weighted by atomic mass is 19.4. The molecule has 1 aromatic rings. The van der Waals surface area contributed by atoms with Gasteiger partial charge in [0.25, 0.3) is 0 Å². The Bertz CT molecular complexity index is 514. The van der Waals surface area contributed by atoms with Crippen LogP contribution in [0.5, 0.6) is 0 Å². The van der Waals surface area contributed by atoms with Gasteiger partial charge in [-0.05, 0) is 49.0 Å². The van der Waals surface area contributed by atoms with E-state index >= 15 is 0 Å². The minimum atomic E-state index is -4.65. The van der Waals surface area contributed by atoms with E-state index in [0.717, 1.165) is 25.6 Å². The molecular formula is C14H16F3NO2. The smallest absolute Gasteiger partial charge is 0.417 e. The van der Waals surface area contributed by atoms with Gasteiger partial charge in [0.2, 0.25) is 0 Å². The highest BCUT2D eigenvalue weighted by molar-refractivity contribution is 5.90. The number of carboxylic acid groups (broad SMARTS) is 1. The molecule has 3 nitrogen and oxygen atoms in total. The number of aromatic carboxylic acids is 1. The third-order valence-electron chi connectivity index (χ3n) is 3.79. The Morgan fingerprint density at radius 2 is 2.10 bits per heavy atom. The summed E-state index contributed by atoms with van der Waals surface area (Å²) in [4.78, 5) is 11.1. The molecule has 0 unspecified atom stereocenters. The summed E-state index contributed by atoms with van der Waals surface area (Å²) < 4.78 is 38.4. The summed E-state index contributed by atoms with van der Waals surface area (Å²) in [7, 11) is 0. The molecule has 2 N–H and O–H groups in total. The minimum absolute atomic E-state index is 0.0941. The van der Waals surface area contributed by atoms with Crippen molar-refractivity contribution in [3.05, 3.63) is 34.9 Å². The van der Waals surface area contributed by atoms with E-state index in [9.17, 15) is 18.0 Å². The van der Waals surface area contributed by atoms with Gasteiger partial charge in [-0.25, -0.2) is 4.79 Å². The summed E-state index contributed by atoms with van der Waals surface area (Å²) in [6.45, 7) is 3.58. The van der Waals surface area contributed by atoms with Gasteiger partial charge in [-0.3, -0.25) is 0 Å². The van der Waals surface area contributed by atoms with Crippen LogP contribution in [-0.4, -0.2) is 24.2 Å². The van der Waals surface area contributed by atoms with Crippen molar-refractivity contribution in [1.82, 2.24) is 5.32 Å². The molecule has 1 aliphatic heterocycles. The van der Waals surface area contributed by atoms with Gasteiger partial charge in [0.15, 0.2) is 0 Å². The number of benzene rings is 1. The minimum Gasteiger partial charge on any atom is -0.478 e. The van der Waals surface area contributed by atoms with Crippen LogP contribution >= 0.6 is 0 Å². The molecule has 0 bridgehead atoms. The molecule has 1 fully saturated rings. The molecule has 0 radical (unpaired) electrons. The Hall–Kier alpha value is -1.56. The van der Waals surface area contributed by atoms with E-state index in [0.29, 0.717) is 5.56 Å². The van der Waals surface area contributed by atoms with Crippen LogP contribution in [0.25, 0.3) is 0 Å². The first-order valence-corrected chi connectivity index (χ1v) is 6.46. The Balaban J connectivity index is 2.42. The molecule has 1 saturated heterocycles.